The number of rotatable bonds is 4. The highest BCUT2D eigenvalue weighted by Gasteiger charge is 2.24. The maximum absolute atomic E-state index is 9.09. The molecule has 0 aliphatic carbocycles. The zero-order valence-electron chi connectivity index (χ0n) is 14.2. The standard InChI is InChI=1S/C16H25N7O/c1-20-14-13(12-17-20)15(22-4-2-3-5-22)19-16(18-14)23-8-6-21(7-9-23)10-11-24/h12,24H,2-11H2,1H3. The molecule has 2 fully saturated rings. The summed E-state index contributed by atoms with van der Waals surface area (Å²) in [7, 11) is 1.94. The summed E-state index contributed by atoms with van der Waals surface area (Å²) in [5.74, 6) is 1.83. The Morgan fingerprint density at radius 2 is 1.75 bits per heavy atom. The second-order valence-electron chi connectivity index (χ2n) is 6.60. The maximum Gasteiger partial charge on any atom is 0.229 e. The van der Waals surface area contributed by atoms with Crippen LogP contribution in [0.4, 0.5) is 11.8 Å². The molecule has 0 atom stereocenters. The van der Waals surface area contributed by atoms with Crippen molar-refractivity contribution in [1.29, 1.82) is 0 Å². The summed E-state index contributed by atoms with van der Waals surface area (Å²) in [6.45, 7) is 6.74. The molecule has 0 saturated carbocycles. The molecular formula is C16H25N7O. The van der Waals surface area contributed by atoms with Gasteiger partial charge in [0.25, 0.3) is 0 Å². The van der Waals surface area contributed by atoms with Crippen molar-refractivity contribution in [3.8, 4) is 0 Å². The molecule has 130 valence electrons. The fraction of sp³-hybridized carbons (Fsp3) is 0.688. The Hall–Kier alpha value is -1.93. The molecule has 2 aromatic rings. The van der Waals surface area contributed by atoms with E-state index in [1.807, 2.05) is 17.9 Å². The number of anilines is 2. The third kappa shape index (κ3) is 2.80. The fourth-order valence-electron chi connectivity index (χ4n) is 3.62. The van der Waals surface area contributed by atoms with E-state index < -0.39 is 0 Å². The predicted molar refractivity (Wildman–Crippen MR) is 93.5 cm³/mol. The highest BCUT2D eigenvalue weighted by atomic mass is 16.3. The minimum atomic E-state index is 0.219. The van der Waals surface area contributed by atoms with Gasteiger partial charge in [-0.25, -0.2) is 0 Å². The third-order valence-corrected chi connectivity index (χ3v) is 5.04. The average Bonchev–Trinajstić information content (AvgIpc) is 3.26. The van der Waals surface area contributed by atoms with Crippen LogP contribution in [0.2, 0.25) is 0 Å². The monoisotopic (exact) mass is 331 g/mol. The molecule has 0 spiro atoms. The predicted octanol–water partition coefficient (Wildman–Crippen LogP) is 0.0778. The van der Waals surface area contributed by atoms with Crippen LogP contribution in [0.3, 0.4) is 0 Å². The van der Waals surface area contributed by atoms with Gasteiger partial charge >= 0.3 is 0 Å². The van der Waals surface area contributed by atoms with Crippen molar-refractivity contribution >= 4 is 22.8 Å². The number of β-amino-alcohol motifs (C(OH)–C–C–N with tert-alkyl or cyclic N) is 1. The van der Waals surface area contributed by atoms with E-state index in [0.29, 0.717) is 0 Å². The van der Waals surface area contributed by atoms with Crippen molar-refractivity contribution in [1.82, 2.24) is 24.6 Å². The SMILES string of the molecule is Cn1ncc2c(N3CCCC3)nc(N3CCN(CCO)CC3)nc21. The Morgan fingerprint density at radius 1 is 1.00 bits per heavy atom. The normalized spacial score (nSPS) is 19.6. The van der Waals surface area contributed by atoms with E-state index in [1.165, 1.54) is 12.8 Å². The van der Waals surface area contributed by atoms with Crippen molar-refractivity contribution in [2.24, 2.45) is 7.05 Å². The Labute approximate surface area is 141 Å². The topological polar surface area (TPSA) is 73.6 Å². The van der Waals surface area contributed by atoms with Crippen LogP contribution in [-0.2, 0) is 7.05 Å². The number of nitrogens with zero attached hydrogens (tertiary/aromatic N) is 7. The summed E-state index contributed by atoms with van der Waals surface area (Å²) in [6.07, 6.45) is 4.33. The van der Waals surface area contributed by atoms with Crippen molar-refractivity contribution in [3.63, 3.8) is 0 Å². The summed E-state index contributed by atoms with van der Waals surface area (Å²) in [4.78, 5) is 16.6. The van der Waals surface area contributed by atoms with Gasteiger partial charge in [0, 0.05) is 52.9 Å². The van der Waals surface area contributed by atoms with Gasteiger partial charge in [-0.15, -0.1) is 0 Å². The van der Waals surface area contributed by atoms with E-state index in [9.17, 15) is 0 Å². The molecular weight excluding hydrogens is 306 g/mol. The molecule has 2 saturated heterocycles. The van der Waals surface area contributed by atoms with Gasteiger partial charge in [-0.05, 0) is 12.8 Å². The Bertz CT molecular complexity index is 702. The first-order valence-corrected chi connectivity index (χ1v) is 8.79. The lowest BCUT2D eigenvalue weighted by atomic mass is 10.3. The fourth-order valence-corrected chi connectivity index (χ4v) is 3.62. The molecule has 0 unspecified atom stereocenters. The summed E-state index contributed by atoms with van der Waals surface area (Å²) in [5, 5.41) is 14.5. The molecule has 4 rings (SSSR count). The van der Waals surface area contributed by atoms with Crippen molar-refractivity contribution < 1.29 is 5.11 Å². The number of aliphatic hydroxyl groups excluding tert-OH is 1. The van der Waals surface area contributed by atoms with Crippen LogP contribution in [-0.4, -0.2) is 82.2 Å². The van der Waals surface area contributed by atoms with Crippen molar-refractivity contribution in [3.05, 3.63) is 6.20 Å². The Morgan fingerprint density at radius 3 is 2.46 bits per heavy atom. The van der Waals surface area contributed by atoms with E-state index in [2.05, 4.69) is 19.8 Å². The highest BCUT2D eigenvalue weighted by molar-refractivity contribution is 5.88. The van der Waals surface area contributed by atoms with E-state index in [0.717, 1.165) is 68.6 Å². The maximum atomic E-state index is 9.09. The van der Waals surface area contributed by atoms with Crippen LogP contribution in [0, 0.1) is 0 Å². The molecule has 0 amide bonds. The van der Waals surface area contributed by atoms with Gasteiger partial charge in [0.15, 0.2) is 5.65 Å². The minimum absolute atomic E-state index is 0.219. The van der Waals surface area contributed by atoms with Gasteiger partial charge in [0.1, 0.15) is 5.82 Å². The summed E-state index contributed by atoms with van der Waals surface area (Å²) < 4.78 is 1.84. The first-order chi connectivity index (χ1) is 11.8. The minimum Gasteiger partial charge on any atom is -0.395 e. The number of aryl methyl sites for hydroxylation is 1. The lowest BCUT2D eigenvalue weighted by molar-refractivity contribution is 0.188. The van der Waals surface area contributed by atoms with Crippen LogP contribution in [0.15, 0.2) is 6.20 Å². The third-order valence-electron chi connectivity index (χ3n) is 5.04. The van der Waals surface area contributed by atoms with E-state index in [4.69, 9.17) is 15.1 Å². The van der Waals surface area contributed by atoms with Gasteiger partial charge in [0.05, 0.1) is 18.2 Å². The van der Waals surface area contributed by atoms with Crippen LogP contribution >= 0.6 is 0 Å². The molecule has 2 aliphatic heterocycles. The van der Waals surface area contributed by atoms with Crippen LogP contribution in [0.1, 0.15) is 12.8 Å². The number of hydrogen-bond donors (Lipinski definition) is 1. The molecule has 1 N–H and O–H groups in total. The lowest BCUT2D eigenvalue weighted by Gasteiger charge is -2.34. The van der Waals surface area contributed by atoms with E-state index in [-0.39, 0.29) is 6.61 Å². The Balaban J connectivity index is 1.64. The molecule has 2 aromatic heterocycles. The average molecular weight is 331 g/mol. The first kappa shape index (κ1) is 15.6. The number of aliphatic hydroxyl groups is 1. The lowest BCUT2D eigenvalue weighted by Crippen LogP contribution is -2.47. The van der Waals surface area contributed by atoms with E-state index >= 15 is 0 Å². The van der Waals surface area contributed by atoms with Crippen LogP contribution in [0.25, 0.3) is 11.0 Å². The van der Waals surface area contributed by atoms with Gasteiger partial charge < -0.3 is 14.9 Å². The Kier molecular flexibility index (Phi) is 4.24. The summed E-state index contributed by atoms with van der Waals surface area (Å²) in [6, 6.07) is 0. The van der Waals surface area contributed by atoms with Crippen molar-refractivity contribution in [2.75, 3.05) is 62.2 Å². The molecule has 2 aliphatic rings. The first-order valence-electron chi connectivity index (χ1n) is 8.79. The summed E-state index contributed by atoms with van der Waals surface area (Å²) >= 11 is 0. The molecule has 0 aromatic carbocycles. The number of hydrogen-bond acceptors (Lipinski definition) is 7. The van der Waals surface area contributed by atoms with Crippen LogP contribution in [0.5, 0.6) is 0 Å². The van der Waals surface area contributed by atoms with Crippen molar-refractivity contribution in [2.45, 2.75) is 12.8 Å². The molecule has 24 heavy (non-hydrogen) atoms. The summed E-state index contributed by atoms with van der Waals surface area (Å²) in [5.41, 5.74) is 0.902. The second-order valence-corrected chi connectivity index (χ2v) is 6.60. The molecule has 4 heterocycles. The van der Waals surface area contributed by atoms with Gasteiger partial charge in [0.2, 0.25) is 5.95 Å². The molecule has 8 nitrogen and oxygen atoms in total. The largest absolute Gasteiger partial charge is 0.395 e. The van der Waals surface area contributed by atoms with Gasteiger partial charge in [-0.2, -0.15) is 15.1 Å². The molecule has 0 radical (unpaired) electrons. The highest BCUT2D eigenvalue weighted by Crippen LogP contribution is 2.29. The zero-order valence-corrected chi connectivity index (χ0v) is 14.2. The van der Waals surface area contributed by atoms with Gasteiger partial charge in [-0.1, -0.05) is 0 Å². The zero-order chi connectivity index (χ0) is 16.5. The number of piperazine rings is 1. The van der Waals surface area contributed by atoms with Gasteiger partial charge in [-0.3, -0.25) is 9.58 Å². The second kappa shape index (κ2) is 6.52. The molecule has 8 heteroatoms. The quantitative estimate of drug-likeness (QED) is 0.850. The number of aromatic nitrogens is 4. The molecule has 0 bridgehead atoms. The smallest absolute Gasteiger partial charge is 0.229 e. The number of fused-ring (bicyclic) bond motifs is 1. The van der Waals surface area contributed by atoms with Crippen LogP contribution < -0.4 is 9.80 Å². The van der Waals surface area contributed by atoms with E-state index in [1.54, 1.807) is 0 Å².